The zero-order valence-electron chi connectivity index (χ0n) is 12.0. The van der Waals surface area contributed by atoms with E-state index >= 15 is 0 Å². The lowest BCUT2D eigenvalue weighted by Gasteiger charge is -2.19. The molecule has 6 nitrogen and oxygen atoms in total. The van der Waals surface area contributed by atoms with Gasteiger partial charge in [-0.15, -0.1) is 0 Å². The van der Waals surface area contributed by atoms with Crippen LogP contribution < -0.4 is 15.8 Å². The van der Waals surface area contributed by atoms with E-state index in [1.807, 2.05) is 6.92 Å². The summed E-state index contributed by atoms with van der Waals surface area (Å²) in [6, 6.07) is 6.49. The molecule has 0 saturated carbocycles. The van der Waals surface area contributed by atoms with E-state index in [1.54, 1.807) is 43.6 Å². The molecule has 0 radical (unpaired) electrons. The Morgan fingerprint density at radius 3 is 2.71 bits per heavy atom. The summed E-state index contributed by atoms with van der Waals surface area (Å²) in [5.74, 6) is 0.420. The molecule has 0 aliphatic rings. The van der Waals surface area contributed by atoms with Crippen LogP contribution in [-0.2, 0) is 0 Å². The number of amides is 2. The molecule has 0 bridgehead atoms. The maximum Gasteiger partial charge on any atom is 0.360 e. The van der Waals surface area contributed by atoms with Gasteiger partial charge in [-0.05, 0) is 38.1 Å². The fraction of sp³-hybridized carbons (Fsp3) is 0.267. The molecular weight excluding hydrogens is 270 g/mol. The number of urea groups is 1. The highest BCUT2D eigenvalue weighted by atomic mass is 16.4. The van der Waals surface area contributed by atoms with Crippen LogP contribution in [0.15, 0.2) is 45.9 Å². The number of carbonyl (C=O) groups is 1. The lowest BCUT2D eigenvalue weighted by molar-refractivity contribution is 0.247. The van der Waals surface area contributed by atoms with Crippen molar-refractivity contribution < 1.29 is 9.21 Å². The SMILES string of the molecule is CCNC(=O)N(CC)c1ccc(-c2cccnc2)oc1=O. The van der Waals surface area contributed by atoms with Crippen LogP contribution >= 0.6 is 0 Å². The average Bonchev–Trinajstić information content (AvgIpc) is 2.50. The van der Waals surface area contributed by atoms with Gasteiger partial charge in [-0.2, -0.15) is 0 Å². The summed E-state index contributed by atoms with van der Waals surface area (Å²) in [7, 11) is 0. The number of hydrogen-bond acceptors (Lipinski definition) is 4. The minimum absolute atomic E-state index is 0.219. The third kappa shape index (κ3) is 3.28. The van der Waals surface area contributed by atoms with Crippen LogP contribution in [0.5, 0.6) is 0 Å². The smallest absolute Gasteiger partial charge is 0.360 e. The number of rotatable bonds is 4. The van der Waals surface area contributed by atoms with Crippen LogP contribution in [0.2, 0.25) is 0 Å². The van der Waals surface area contributed by atoms with Crippen molar-refractivity contribution in [2.75, 3.05) is 18.0 Å². The Balaban J connectivity index is 2.35. The minimum atomic E-state index is -0.551. The van der Waals surface area contributed by atoms with E-state index in [4.69, 9.17) is 4.42 Å². The molecule has 0 aliphatic heterocycles. The third-order valence-electron chi connectivity index (χ3n) is 2.93. The van der Waals surface area contributed by atoms with E-state index in [0.717, 1.165) is 0 Å². The first-order valence-corrected chi connectivity index (χ1v) is 6.77. The monoisotopic (exact) mass is 287 g/mol. The largest absolute Gasteiger partial charge is 0.421 e. The summed E-state index contributed by atoms with van der Waals surface area (Å²) in [4.78, 5) is 29.3. The van der Waals surface area contributed by atoms with E-state index in [0.29, 0.717) is 24.4 Å². The highest BCUT2D eigenvalue weighted by molar-refractivity contribution is 5.91. The second kappa shape index (κ2) is 6.69. The number of carbonyl (C=O) groups excluding carboxylic acids is 1. The van der Waals surface area contributed by atoms with Gasteiger partial charge in [0.25, 0.3) is 0 Å². The van der Waals surface area contributed by atoms with Gasteiger partial charge in [0, 0.05) is 31.0 Å². The zero-order chi connectivity index (χ0) is 15.2. The van der Waals surface area contributed by atoms with Gasteiger partial charge < -0.3 is 9.73 Å². The average molecular weight is 287 g/mol. The minimum Gasteiger partial charge on any atom is -0.421 e. The van der Waals surface area contributed by atoms with E-state index in [-0.39, 0.29) is 11.7 Å². The number of aromatic nitrogens is 1. The van der Waals surface area contributed by atoms with Gasteiger partial charge in [-0.1, -0.05) is 0 Å². The van der Waals surface area contributed by atoms with Crippen molar-refractivity contribution in [3.63, 3.8) is 0 Å². The van der Waals surface area contributed by atoms with Gasteiger partial charge in [0.2, 0.25) is 0 Å². The van der Waals surface area contributed by atoms with Crippen molar-refractivity contribution >= 4 is 11.7 Å². The number of anilines is 1. The highest BCUT2D eigenvalue weighted by Gasteiger charge is 2.17. The first kappa shape index (κ1) is 14.8. The van der Waals surface area contributed by atoms with Crippen molar-refractivity contribution in [3.05, 3.63) is 47.1 Å². The second-order valence-electron chi connectivity index (χ2n) is 4.29. The van der Waals surface area contributed by atoms with Crippen LogP contribution in [-0.4, -0.2) is 24.1 Å². The standard InChI is InChI=1S/C15H17N3O3/c1-3-17-15(20)18(4-2)12-7-8-13(21-14(12)19)11-6-5-9-16-10-11/h5-10H,3-4H2,1-2H3,(H,17,20). The Hall–Kier alpha value is -2.63. The number of nitrogens with one attached hydrogen (secondary N) is 1. The first-order valence-electron chi connectivity index (χ1n) is 6.77. The molecule has 0 unspecified atom stereocenters. The lowest BCUT2D eigenvalue weighted by Crippen LogP contribution is -2.41. The van der Waals surface area contributed by atoms with Crippen LogP contribution in [0.25, 0.3) is 11.3 Å². The molecule has 0 aliphatic carbocycles. The molecular formula is C15H17N3O3. The number of nitrogens with zero attached hydrogens (tertiary/aromatic N) is 2. The van der Waals surface area contributed by atoms with Crippen molar-refractivity contribution in [1.82, 2.24) is 10.3 Å². The van der Waals surface area contributed by atoms with Crippen LogP contribution in [0.3, 0.4) is 0 Å². The van der Waals surface area contributed by atoms with Crippen molar-refractivity contribution in [2.24, 2.45) is 0 Å². The Morgan fingerprint density at radius 1 is 1.33 bits per heavy atom. The van der Waals surface area contributed by atoms with E-state index in [9.17, 15) is 9.59 Å². The molecule has 0 atom stereocenters. The lowest BCUT2D eigenvalue weighted by atomic mass is 10.2. The van der Waals surface area contributed by atoms with Gasteiger partial charge in [0.15, 0.2) is 0 Å². The Labute approximate surface area is 122 Å². The van der Waals surface area contributed by atoms with E-state index in [2.05, 4.69) is 10.3 Å². The summed E-state index contributed by atoms with van der Waals surface area (Å²) in [6.07, 6.45) is 3.25. The van der Waals surface area contributed by atoms with E-state index in [1.165, 1.54) is 4.90 Å². The zero-order valence-corrected chi connectivity index (χ0v) is 12.0. The fourth-order valence-electron chi connectivity index (χ4n) is 1.94. The predicted octanol–water partition coefficient (Wildman–Crippen LogP) is 2.26. The third-order valence-corrected chi connectivity index (χ3v) is 2.93. The molecule has 2 heterocycles. The van der Waals surface area contributed by atoms with Gasteiger partial charge in [-0.25, -0.2) is 9.59 Å². The Kier molecular flexibility index (Phi) is 4.71. The van der Waals surface area contributed by atoms with Gasteiger partial charge >= 0.3 is 11.7 Å². The van der Waals surface area contributed by atoms with Crippen LogP contribution in [0, 0.1) is 0 Å². The molecule has 0 fully saturated rings. The van der Waals surface area contributed by atoms with Crippen molar-refractivity contribution in [1.29, 1.82) is 0 Å². The topological polar surface area (TPSA) is 75.4 Å². The van der Waals surface area contributed by atoms with Gasteiger partial charge in [0.1, 0.15) is 11.4 Å². The molecule has 0 aromatic carbocycles. The Bertz CT molecular complexity index is 667. The molecule has 2 aromatic heterocycles. The molecule has 2 aromatic rings. The quantitative estimate of drug-likeness (QED) is 0.935. The molecule has 110 valence electrons. The summed E-state index contributed by atoms with van der Waals surface area (Å²) in [5, 5.41) is 2.66. The second-order valence-corrected chi connectivity index (χ2v) is 4.29. The van der Waals surface area contributed by atoms with Crippen molar-refractivity contribution in [3.8, 4) is 11.3 Å². The van der Waals surface area contributed by atoms with Crippen LogP contribution in [0.1, 0.15) is 13.8 Å². The highest BCUT2D eigenvalue weighted by Crippen LogP contribution is 2.19. The van der Waals surface area contributed by atoms with Gasteiger partial charge in [-0.3, -0.25) is 9.88 Å². The molecule has 1 N–H and O–H groups in total. The Morgan fingerprint density at radius 2 is 2.14 bits per heavy atom. The summed E-state index contributed by atoms with van der Waals surface area (Å²) < 4.78 is 5.29. The fourth-order valence-corrected chi connectivity index (χ4v) is 1.94. The molecule has 0 saturated heterocycles. The number of hydrogen-bond donors (Lipinski definition) is 1. The maximum atomic E-state index is 12.1. The molecule has 2 rings (SSSR count). The van der Waals surface area contributed by atoms with Crippen molar-refractivity contribution in [2.45, 2.75) is 13.8 Å². The summed E-state index contributed by atoms with van der Waals surface area (Å²) in [6.45, 7) is 4.49. The predicted molar refractivity (Wildman–Crippen MR) is 80.3 cm³/mol. The number of pyridine rings is 1. The van der Waals surface area contributed by atoms with Gasteiger partial charge in [0.05, 0.1) is 0 Å². The van der Waals surface area contributed by atoms with Crippen LogP contribution in [0.4, 0.5) is 10.5 Å². The molecule has 2 amide bonds. The normalized spacial score (nSPS) is 10.2. The van der Waals surface area contributed by atoms with E-state index < -0.39 is 5.63 Å². The molecule has 0 spiro atoms. The maximum absolute atomic E-state index is 12.1. The molecule has 21 heavy (non-hydrogen) atoms. The summed E-state index contributed by atoms with van der Waals surface area (Å²) >= 11 is 0. The molecule has 6 heteroatoms. The summed E-state index contributed by atoms with van der Waals surface area (Å²) in [5.41, 5.74) is 0.378. The first-order chi connectivity index (χ1) is 10.2.